The van der Waals surface area contributed by atoms with Gasteiger partial charge < -0.3 is 5.32 Å². The molecule has 2 nitrogen and oxygen atoms in total. The van der Waals surface area contributed by atoms with Crippen LogP contribution >= 0.6 is 27.3 Å². The number of thiophene rings is 1. The lowest BCUT2D eigenvalue weighted by Crippen LogP contribution is -2.13. The van der Waals surface area contributed by atoms with Gasteiger partial charge in [-0.15, -0.1) is 11.3 Å². The van der Waals surface area contributed by atoms with E-state index in [4.69, 9.17) is 0 Å². The minimum Gasteiger partial charge on any atom is -0.319 e. The van der Waals surface area contributed by atoms with E-state index in [-0.39, 0.29) is 0 Å². The van der Waals surface area contributed by atoms with Crippen molar-refractivity contribution >= 4 is 38.9 Å². The van der Waals surface area contributed by atoms with Crippen molar-refractivity contribution in [2.45, 2.75) is 0 Å². The second-order valence-electron chi connectivity index (χ2n) is 3.32. The van der Waals surface area contributed by atoms with Crippen LogP contribution in [0.3, 0.4) is 0 Å². The average Bonchev–Trinajstić information content (AvgIpc) is 2.77. The second kappa shape index (κ2) is 5.11. The SMILES string of the molecule is O=C(Nc1ccc(F)c(F)c1F)c1csc(Br)c1. The Morgan fingerprint density at radius 2 is 1.94 bits per heavy atom. The smallest absolute Gasteiger partial charge is 0.256 e. The van der Waals surface area contributed by atoms with E-state index in [1.165, 1.54) is 17.4 Å². The maximum atomic E-state index is 13.3. The zero-order chi connectivity index (χ0) is 13.3. The molecule has 1 aromatic heterocycles. The molecule has 7 heteroatoms. The van der Waals surface area contributed by atoms with Crippen molar-refractivity contribution in [3.05, 3.63) is 50.4 Å². The summed E-state index contributed by atoms with van der Waals surface area (Å²) in [6.45, 7) is 0. The van der Waals surface area contributed by atoms with Crippen molar-refractivity contribution in [3.63, 3.8) is 0 Å². The molecule has 0 fully saturated rings. The van der Waals surface area contributed by atoms with Crippen LogP contribution in [0.25, 0.3) is 0 Å². The number of rotatable bonds is 2. The Morgan fingerprint density at radius 3 is 2.56 bits per heavy atom. The molecule has 0 saturated carbocycles. The van der Waals surface area contributed by atoms with E-state index in [1.807, 2.05) is 0 Å². The van der Waals surface area contributed by atoms with E-state index in [2.05, 4.69) is 21.2 Å². The normalized spacial score (nSPS) is 10.4. The Kier molecular flexibility index (Phi) is 3.72. The molecule has 0 aliphatic heterocycles. The van der Waals surface area contributed by atoms with Crippen LogP contribution in [0, 0.1) is 17.5 Å². The first-order valence-corrected chi connectivity index (χ1v) is 6.35. The number of carbonyl (C=O) groups excluding carboxylic acids is 1. The molecule has 0 bridgehead atoms. The third-order valence-electron chi connectivity index (χ3n) is 2.11. The number of benzene rings is 1. The number of carbonyl (C=O) groups is 1. The third kappa shape index (κ3) is 2.56. The molecule has 0 unspecified atom stereocenters. The van der Waals surface area contributed by atoms with Crippen LogP contribution in [-0.2, 0) is 0 Å². The summed E-state index contributed by atoms with van der Waals surface area (Å²) in [4.78, 5) is 11.7. The highest BCUT2D eigenvalue weighted by atomic mass is 79.9. The summed E-state index contributed by atoms with van der Waals surface area (Å²) in [5.41, 5.74) is -0.0998. The van der Waals surface area contributed by atoms with Gasteiger partial charge in [0.25, 0.3) is 5.91 Å². The molecule has 2 aromatic rings. The number of halogens is 4. The van der Waals surface area contributed by atoms with E-state index in [9.17, 15) is 18.0 Å². The van der Waals surface area contributed by atoms with Crippen molar-refractivity contribution in [2.75, 3.05) is 5.32 Å². The number of hydrogen-bond donors (Lipinski definition) is 1. The third-order valence-corrected chi connectivity index (χ3v) is 3.62. The standard InChI is InChI=1S/C11H5BrF3NOS/c12-8-3-5(4-18-8)11(17)16-7-2-1-6(13)9(14)10(7)15/h1-4H,(H,16,17). The quantitative estimate of drug-likeness (QED) is 0.819. The first-order valence-electron chi connectivity index (χ1n) is 4.68. The Morgan fingerprint density at radius 1 is 1.22 bits per heavy atom. The van der Waals surface area contributed by atoms with Crippen LogP contribution in [0.15, 0.2) is 27.4 Å². The minimum absolute atomic E-state index is 0.302. The molecule has 2 rings (SSSR count). The molecule has 1 N–H and O–H groups in total. The minimum atomic E-state index is -1.61. The van der Waals surface area contributed by atoms with Gasteiger partial charge >= 0.3 is 0 Å². The Hall–Kier alpha value is -1.34. The van der Waals surface area contributed by atoms with Gasteiger partial charge in [0.05, 0.1) is 15.0 Å². The summed E-state index contributed by atoms with van der Waals surface area (Å²) in [7, 11) is 0. The van der Waals surface area contributed by atoms with Gasteiger partial charge in [0.15, 0.2) is 17.5 Å². The van der Waals surface area contributed by atoms with Crippen molar-refractivity contribution in [1.82, 2.24) is 0 Å². The van der Waals surface area contributed by atoms with Gasteiger partial charge in [-0.3, -0.25) is 4.79 Å². The molecule has 0 radical (unpaired) electrons. The summed E-state index contributed by atoms with van der Waals surface area (Å²) >= 11 is 4.46. The zero-order valence-electron chi connectivity index (χ0n) is 8.64. The largest absolute Gasteiger partial charge is 0.319 e. The van der Waals surface area contributed by atoms with Gasteiger partial charge in [0, 0.05) is 5.38 Å². The first-order chi connectivity index (χ1) is 8.49. The maximum Gasteiger partial charge on any atom is 0.256 e. The Balaban J connectivity index is 2.25. The lowest BCUT2D eigenvalue weighted by atomic mass is 10.2. The fourth-order valence-corrected chi connectivity index (χ4v) is 2.38. The molecular formula is C11H5BrF3NOS. The molecule has 1 aromatic carbocycles. The molecular weight excluding hydrogens is 331 g/mol. The van der Waals surface area contributed by atoms with E-state index >= 15 is 0 Å². The van der Waals surface area contributed by atoms with Crippen LogP contribution in [0.5, 0.6) is 0 Å². The molecule has 18 heavy (non-hydrogen) atoms. The van der Waals surface area contributed by atoms with Gasteiger partial charge in [-0.1, -0.05) is 0 Å². The van der Waals surface area contributed by atoms with Gasteiger partial charge in [-0.2, -0.15) is 0 Å². The molecule has 1 amide bonds. The van der Waals surface area contributed by atoms with E-state index < -0.39 is 29.0 Å². The summed E-state index contributed by atoms with van der Waals surface area (Å²) < 4.78 is 39.7. The predicted molar refractivity (Wildman–Crippen MR) is 66.3 cm³/mol. The predicted octanol–water partition coefficient (Wildman–Crippen LogP) is 4.18. The first kappa shape index (κ1) is 13.1. The van der Waals surface area contributed by atoms with Crippen LogP contribution in [0.4, 0.5) is 18.9 Å². The van der Waals surface area contributed by atoms with Crippen molar-refractivity contribution in [3.8, 4) is 0 Å². The topological polar surface area (TPSA) is 29.1 Å². The van der Waals surface area contributed by atoms with Crippen LogP contribution < -0.4 is 5.32 Å². The summed E-state index contributed by atoms with van der Waals surface area (Å²) in [5.74, 6) is -4.93. The lowest BCUT2D eigenvalue weighted by Gasteiger charge is -2.06. The van der Waals surface area contributed by atoms with Crippen molar-refractivity contribution < 1.29 is 18.0 Å². The molecule has 0 spiro atoms. The Bertz CT molecular complexity index is 614. The highest BCUT2D eigenvalue weighted by Crippen LogP contribution is 2.23. The fraction of sp³-hybridized carbons (Fsp3) is 0. The van der Waals surface area contributed by atoms with Crippen molar-refractivity contribution in [2.24, 2.45) is 0 Å². The van der Waals surface area contributed by atoms with Crippen molar-refractivity contribution in [1.29, 1.82) is 0 Å². The molecule has 1 heterocycles. The number of amides is 1. The summed E-state index contributed by atoms with van der Waals surface area (Å²) in [6, 6.07) is 3.25. The summed E-state index contributed by atoms with van der Waals surface area (Å²) in [6.07, 6.45) is 0. The van der Waals surface area contributed by atoms with Crippen LogP contribution in [0.2, 0.25) is 0 Å². The van der Waals surface area contributed by atoms with Gasteiger partial charge in [0.2, 0.25) is 0 Å². The molecule has 0 saturated heterocycles. The Labute approximate surface area is 113 Å². The highest BCUT2D eigenvalue weighted by molar-refractivity contribution is 9.11. The van der Waals surface area contributed by atoms with Gasteiger partial charge in [-0.05, 0) is 34.1 Å². The second-order valence-corrected chi connectivity index (χ2v) is 5.61. The van der Waals surface area contributed by atoms with E-state index in [0.29, 0.717) is 5.56 Å². The molecule has 0 aliphatic rings. The highest BCUT2D eigenvalue weighted by Gasteiger charge is 2.16. The van der Waals surface area contributed by atoms with Gasteiger partial charge in [-0.25, -0.2) is 13.2 Å². The maximum absolute atomic E-state index is 13.3. The fourth-order valence-electron chi connectivity index (χ4n) is 1.25. The molecule has 0 atom stereocenters. The van der Waals surface area contributed by atoms with E-state index in [0.717, 1.165) is 15.9 Å². The number of hydrogen-bond acceptors (Lipinski definition) is 2. The summed E-state index contributed by atoms with van der Waals surface area (Å²) in [5, 5.41) is 3.73. The lowest BCUT2D eigenvalue weighted by molar-refractivity contribution is 0.102. The van der Waals surface area contributed by atoms with Gasteiger partial charge in [0.1, 0.15) is 0 Å². The molecule has 0 aliphatic carbocycles. The number of nitrogens with one attached hydrogen (secondary N) is 1. The monoisotopic (exact) mass is 335 g/mol. The van der Waals surface area contributed by atoms with Crippen LogP contribution in [0.1, 0.15) is 10.4 Å². The number of anilines is 1. The average molecular weight is 336 g/mol. The van der Waals surface area contributed by atoms with E-state index in [1.54, 1.807) is 5.38 Å². The zero-order valence-corrected chi connectivity index (χ0v) is 11.0. The van der Waals surface area contributed by atoms with Crippen LogP contribution in [-0.4, -0.2) is 5.91 Å². The molecule has 94 valence electrons.